The fraction of sp³-hybridized carbons (Fsp3) is 0.667. The summed E-state index contributed by atoms with van der Waals surface area (Å²) < 4.78 is 0. The molecule has 4 rings (SSSR count). The molecule has 1 aromatic heterocycles. The van der Waals surface area contributed by atoms with E-state index in [1.165, 1.54) is 18.4 Å². The van der Waals surface area contributed by atoms with Crippen LogP contribution < -0.4 is 5.32 Å². The average Bonchev–Trinajstić information content (AvgIpc) is 3.35. The Labute approximate surface area is 161 Å². The largest absolute Gasteiger partial charge is 0.355 e. The number of aromatic nitrogens is 1. The van der Waals surface area contributed by atoms with Gasteiger partial charge in [0.2, 0.25) is 11.8 Å². The minimum absolute atomic E-state index is 0.0311. The third-order valence-corrected chi connectivity index (χ3v) is 6.35. The van der Waals surface area contributed by atoms with Gasteiger partial charge in [-0.2, -0.15) is 0 Å². The maximum atomic E-state index is 12.8. The van der Waals surface area contributed by atoms with Crippen molar-refractivity contribution in [3.8, 4) is 0 Å². The van der Waals surface area contributed by atoms with E-state index in [-0.39, 0.29) is 11.8 Å². The van der Waals surface area contributed by atoms with E-state index in [9.17, 15) is 9.59 Å². The van der Waals surface area contributed by atoms with Crippen molar-refractivity contribution in [2.75, 3.05) is 26.2 Å². The van der Waals surface area contributed by atoms with Gasteiger partial charge in [-0.25, -0.2) is 0 Å². The van der Waals surface area contributed by atoms with Gasteiger partial charge in [-0.3, -0.25) is 19.5 Å². The van der Waals surface area contributed by atoms with Crippen molar-refractivity contribution in [3.63, 3.8) is 0 Å². The fourth-order valence-electron chi connectivity index (χ4n) is 4.47. The van der Waals surface area contributed by atoms with Crippen molar-refractivity contribution < 1.29 is 9.59 Å². The minimum Gasteiger partial charge on any atom is -0.355 e. The van der Waals surface area contributed by atoms with E-state index in [0.717, 1.165) is 38.4 Å². The summed E-state index contributed by atoms with van der Waals surface area (Å²) in [4.78, 5) is 32.7. The van der Waals surface area contributed by atoms with Crippen LogP contribution in [0.1, 0.15) is 50.5 Å². The number of amides is 2. The van der Waals surface area contributed by atoms with E-state index in [0.29, 0.717) is 31.0 Å². The van der Waals surface area contributed by atoms with Crippen LogP contribution >= 0.6 is 0 Å². The number of likely N-dealkylation sites (tertiary alicyclic amines) is 2. The monoisotopic (exact) mass is 370 g/mol. The lowest BCUT2D eigenvalue weighted by molar-refractivity contribution is -0.137. The molecule has 0 unspecified atom stereocenters. The predicted octanol–water partition coefficient (Wildman–Crippen LogP) is 1.78. The molecule has 1 saturated carbocycles. The van der Waals surface area contributed by atoms with Crippen LogP contribution in [0.25, 0.3) is 0 Å². The molecule has 0 radical (unpaired) electrons. The van der Waals surface area contributed by atoms with Crippen molar-refractivity contribution in [1.29, 1.82) is 0 Å². The quantitative estimate of drug-likeness (QED) is 0.795. The van der Waals surface area contributed by atoms with Gasteiger partial charge >= 0.3 is 0 Å². The zero-order valence-corrected chi connectivity index (χ0v) is 16.1. The van der Waals surface area contributed by atoms with Crippen LogP contribution in [-0.2, 0) is 9.59 Å². The van der Waals surface area contributed by atoms with Crippen molar-refractivity contribution in [2.45, 2.75) is 57.0 Å². The lowest BCUT2D eigenvalue weighted by Gasteiger charge is -2.41. The zero-order valence-electron chi connectivity index (χ0n) is 16.1. The Balaban J connectivity index is 1.29. The highest BCUT2D eigenvalue weighted by atomic mass is 16.2. The molecule has 2 amide bonds. The molecule has 6 heteroatoms. The van der Waals surface area contributed by atoms with Gasteiger partial charge in [-0.1, -0.05) is 0 Å². The van der Waals surface area contributed by atoms with E-state index in [1.807, 2.05) is 29.4 Å². The molecule has 6 nitrogen and oxygen atoms in total. The third kappa shape index (κ3) is 4.49. The van der Waals surface area contributed by atoms with Crippen molar-refractivity contribution in [2.24, 2.45) is 5.92 Å². The van der Waals surface area contributed by atoms with E-state index in [4.69, 9.17) is 0 Å². The van der Waals surface area contributed by atoms with E-state index in [2.05, 4.69) is 15.2 Å². The van der Waals surface area contributed by atoms with Crippen LogP contribution in [0.3, 0.4) is 0 Å². The number of pyridine rings is 1. The van der Waals surface area contributed by atoms with Crippen molar-refractivity contribution in [3.05, 3.63) is 30.1 Å². The first-order valence-corrected chi connectivity index (χ1v) is 10.3. The maximum absolute atomic E-state index is 12.8. The van der Waals surface area contributed by atoms with Gasteiger partial charge in [0.05, 0.1) is 0 Å². The van der Waals surface area contributed by atoms with Crippen LogP contribution in [0.15, 0.2) is 24.5 Å². The molecule has 146 valence electrons. The molecule has 1 aliphatic carbocycles. The molecule has 27 heavy (non-hydrogen) atoms. The molecule has 3 heterocycles. The summed E-state index contributed by atoms with van der Waals surface area (Å²) in [5.74, 6) is 1.56. The first-order chi connectivity index (χ1) is 13.1. The smallest absolute Gasteiger partial charge is 0.224 e. The molecule has 0 bridgehead atoms. The molecule has 1 N–H and O–H groups in total. The van der Waals surface area contributed by atoms with Crippen LogP contribution in [0.5, 0.6) is 0 Å². The molecule has 2 atom stereocenters. The van der Waals surface area contributed by atoms with Gasteiger partial charge in [0, 0.05) is 69.9 Å². The summed E-state index contributed by atoms with van der Waals surface area (Å²) >= 11 is 0. The summed E-state index contributed by atoms with van der Waals surface area (Å²) in [6.45, 7) is 5.02. The summed E-state index contributed by atoms with van der Waals surface area (Å²) in [5.41, 5.74) is 1.28. The third-order valence-electron chi connectivity index (χ3n) is 6.35. The molecule has 1 aromatic rings. The Kier molecular flexibility index (Phi) is 5.43. The number of carbonyl (C=O) groups excluding carboxylic acids is 2. The van der Waals surface area contributed by atoms with Crippen LogP contribution in [-0.4, -0.2) is 64.9 Å². The number of nitrogens with zero attached hydrogens (tertiary/aromatic N) is 3. The Morgan fingerprint density at radius 2 is 1.81 bits per heavy atom. The molecule has 2 saturated heterocycles. The summed E-state index contributed by atoms with van der Waals surface area (Å²) in [6, 6.07) is 4.81. The first-order valence-electron chi connectivity index (χ1n) is 10.3. The lowest BCUT2D eigenvalue weighted by atomic mass is 9.91. The highest BCUT2D eigenvalue weighted by Gasteiger charge is 2.40. The summed E-state index contributed by atoms with van der Waals surface area (Å²) in [7, 11) is 0. The average molecular weight is 370 g/mol. The molecular formula is C21H30N4O2. The van der Waals surface area contributed by atoms with E-state index in [1.54, 1.807) is 6.92 Å². The number of rotatable bonds is 7. The number of hydrogen-bond donors (Lipinski definition) is 1. The second-order valence-corrected chi connectivity index (χ2v) is 8.44. The second kappa shape index (κ2) is 7.97. The number of carbonyl (C=O) groups is 2. The Hall–Kier alpha value is -1.95. The highest BCUT2D eigenvalue weighted by molar-refractivity contribution is 5.78. The fourth-order valence-corrected chi connectivity index (χ4v) is 4.47. The maximum Gasteiger partial charge on any atom is 0.224 e. The Morgan fingerprint density at radius 3 is 2.48 bits per heavy atom. The van der Waals surface area contributed by atoms with Gasteiger partial charge in [0.1, 0.15) is 0 Å². The molecule has 3 aliphatic rings. The van der Waals surface area contributed by atoms with E-state index < -0.39 is 0 Å². The number of nitrogens with one attached hydrogen (secondary N) is 1. The van der Waals surface area contributed by atoms with Crippen LogP contribution in [0, 0.1) is 5.92 Å². The van der Waals surface area contributed by atoms with E-state index >= 15 is 0 Å². The Bertz CT molecular complexity index is 670. The van der Waals surface area contributed by atoms with Crippen molar-refractivity contribution in [1.82, 2.24) is 20.1 Å². The van der Waals surface area contributed by atoms with Gasteiger partial charge in [0.25, 0.3) is 0 Å². The standard InChI is InChI=1S/C21H30N4O2/c1-15(26)23-11-20-5-4-19(25(20)12-16-2-3-16)10-21(27)24-13-18(14-24)17-6-8-22-9-7-17/h6-9,16,18-20H,2-5,10-14H2,1H3,(H,23,26)/t19-,20+/m0/s1. The van der Waals surface area contributed by atoms with Crippen LogP contribution in [0.2, 0.25) is 0 Å². The minimum atomic E-state index is 0.0311. The second-order valence-electron chi connectivity index (χ2n) is 8.44. The van der Waals surface area contributed by atoms with Gasteiger partial charge in [-0.05, 0) is 49.3 Å². The number of hydrogen-bond acceptors (Lipinski definition) is 4. The van der Waals surface area contributed by atoms with Gasteiger partial charge in [-0.15, -0.1) is 0 Å². The summed E-state index contributed by atoms with van der Waals surface area (Å²) in [6.07, 6.45) is 9.02. The normalized spacial score (nSPS) is 26.0. The SMILES string of the molecule is CC(=O)NC[C@H]1CC[C@@H](CC(=O)N2CC(c3ccncc3)C2)N1CC1CC1. The Morgan fingerprint density at radius 1 is 1.11 bits per heavy atom. The molecule has 0 aromatic carbocycles. The molecular weight excluding hydrogens is 340 g/mol. The highest BCUT2D eigenvalue weighted by Crippen LogP contribution is 2.36. The predicted molar refractivity (Wildman–Crippen MR) is 103 cm³/mol. The van der Waals surface area contributed by atoms with Crippen LogP contribution in [0.4, 0.5) is 0 Å². The molecule has 2 aliphatic heterocycles. The van der Waals surface area contributed by atoms with Gasteiger partial charge < -0.3 is 10.2 Å². The molecule has 3 fully saturated rings. The van der Waals surface area contributed by atoms with Gasteiger partial charge in [0.15, 0.2) is 0 Å². The topological polar surface area (TPSA) is 65.5 Å². The van der Waals surface area contributed by atoms with Crippen molar-refractivity contribution >= 4 is 11.8 Å². The summed E-state index contributed by atoms with van der Waals surface area (Å²) in [5, 5.41) is 2.97. The molecule has 0 spiro atoms. The lowest BCUT2D eigenvalue weighted by Crippen LogP contribution is -2.51. The zero-order chi connectivity index (χ0) is 18.8. The first kappa shape index (κ1) is 18.4.